The van der Waals surface area contributed by atoms with Crippen LogP contribution in [-0.2, 0) is 9.53 Å². The molecule has 1 aliphatic rings. The van der Waals surface area contributed by atoms with Crippen LogP contribution in [0.25, 0.3) is 0 Å². The number of nitrogens with two attached hydrogens (primary N) is 1. The lowest BCUT2D eigenvalue weighted by Gasteiger charge is -2.57. The number of nitrogens with one attached hydrogen (secondary N) is 1. The Balaban J connectivity index is 0.00000288. The summed E-state index contributed by atoms with van der Waals surface area (Å²) in [5.74, 6) is 0.652. The van der Waals surface area contributed by atoms with Crippen molar-refractivity contribution in [3.8, 4) is 5.75 Å². The summed E-state index contributed by atoms with van der Waals surface area (Å²) in [4.78, 5) is 12.5. The molecule has 0 aliphatic heterocycles. The van der Waals surface area contributed by atoms with Gasteiger partial charge >= 0.3 is 0 Å². The molecule has 1 aromatic rings. The largest absolute Gasteiger partial charge is 0.489 e. The van der Waals surface area contributed by atoms with Gasteiger partial charge in [0.2, 0.25) is 5.91 Å². The molecule has 3 unspecified atom stereocenters. The zero-order valence-electron chi connectivity index (χ0n) is 14.9. The lowest BCUT2D eigenvalue weighted by Crippen LogP contribution is -2.76. The van der Waals surface area contributed by atoms with Gasteiger partial charge in [-0.05, 0) is 26.0 Å². The van der Waals surface area contributed by atoms with Crippen molar-refractivity contribution in [2.24, 2.45) is 11.1 Å². The Bertz CT molecular complexity index is 538. The summed E-state index contributed by atoms with van der Waals surface area (Å²) in [6.45, 7) is 8.90. The van der Waals surface area contributed by atoms with Gasteiger partial charge in [0.15, 0.2) is 0 Å². The summed E-state index contributed by atoms with van der Waals surface area (Å²) >= 11 is 0. The van der Waals surface area contributed by atoms with E-state index in [9.17, 15) is 4.79 Å². The quantitative estimate of drug-likeness (QED) is 0.787. The Labute approximate surface area is 150 Å². The Hall–Kier alpha value is -1.30. The molecule has 136 valence electrons. The Morgan fingerprint density at radius 1 is 1.38 bits per heavy atom. The highest BCUT2D eigenvalue weighted by molar-refractivity contribution is 5.88. The first-order chi connectivity index (χ1) is 10.8. The van der Waals surface area contributed by atoms with Gasteiger partial charge in [0.05, 0.1) is 12.6 Å². The minimum atomic E-state index is -0.890. The van der Waals surface area contributed by atoms with Gasteiger partial charge in [0, 0.05) is 18.4 Å². The van der Waals surface area contributed by atoms with E-state index in [2.05, 4.69) is 5.32 Å². The monoisotopic (exact) mass is 356 g/mol. The van der Waals surface area contributed by atoms with Crippen molar-refractivity contribution in [3.63, 3.8) is 0 Å². The maximum Gasteiger partial charge on any atom is 0.240 e. The van der Waals surface area contributed by atoms with E-state index < -0.39 is 5.54 Å². The zero-order valence-corrected chi connectivity index (χ0v) is 15.7. The molecule has 0 aromatic heterocycles. The van der Waals surface area contributed by atoms with E-state index in [4.69, 9.17) is 15.2 Å². The third-order valence-corrected chi connectivity index (χ3v) is 4.87. The van der Waals surface area contributed by atoms with Gasteiger partial charge in [-0.15, -0.1) is 12.4 Å². The zero-order chi connectivity index (χ0) is 17.1. The van der Waals surface area contributed by atoms with Crippen LogP contribution in [0.3, 0.4) is 0 Å². The average Bonchev–Trinajstić information content (AvgIpc) is 2.53. The number of hydrogen-bond donors (Lipinski definition) is 2. The molecule has 3 atom stereocenters. The number of amides is 1. The molecule has 1 saturated carbocycles. The summed E-state index contributed by atoms with van der Waals surface area (Å²) in [7, 11) is 0. The second-order valence-corrected chi connectivity index (χ2v) is 6.79. The number of ether oxygens (including phenoxy) is 2. The van der Waals surface area contributed by atoms with Crippen molar-refractivity contribution in [1.29, 1.82) is 0 Å². The van der Waals surface area contributed by atoms with Crippen LogP contribution in [0.4, 0.5) is 0 Å². The van der Waals surface area contributed by atoms with Crippen molar-refractivity contribution in [2.75, 3.05) is 13.2 Å². The van der Waals surface area contributed by atoms with Gasteiger partial charge < -0.3 is 20.5 Å². The van der Waals surface area contributed by atoms with E-state index in [1.807, 2.05) is 58.0 Å². The molecule has 0 radical (unpaired) electrons. The molecule has 3 N–H and O–H groups in total. The van der Waals surface area contributed by atoms with Crippen molar-refractivity contribution < 1.29 is 14.3 Å². The molecule has 24 heavy (non-hydrogen) atoms. The first-order valence-electron chi connectivity index (χ1n) is 8.21. The lowest BCUT2D eigenvalue weighted by atomic mass is 9.54. The number of para-hydroxylation sites is 1. The predicted molar refractivity (Wildman–Crippen MR) is 97.5 cm³/mol. The normalized spacial score (nSPS) is 25.8. The third-order valence-electron chi connectivity index (χ3n) is 4.87. The number of carbonyl (C=O) groups excluding carboxylic acids is 1. The molecule has 6 heteroatoms. The molecule has 0 bridgehead atoms. The predicted octanol–water partition coefficient (Wildman–Crippen LogP) is 2.52. The molecule has 1 fully saturated rings. The van der Waals surface area contributed by atoms with E-state index in [0.29, 0.717) is 19.6 Å². The minimum Gasteiger partial charge on any atom is -0.489 e. The van der Waals surface area contributed by atoms with Gasteiger partial charge in [-0.25, -0.2) is 0 Å². The van der Waals surface area contributed by atoms with Crippen molar-refractivity contribution in [1.82, 2.24) is 5.32 Å². The SMILES string of the molecule is CCOC1CC(N)(C(=O)NCC(C)Oc2ccccc2)C1(C)C.Cl. The third kappa shape index (κ3) is 4.02. The van der Waals surface area contributed by atoms with E-state index in [0.717, 1.165) is 5.75 Å². The van der Waals surface area contributed by atoms with Crippen LogP contribution in [-0.4, -0.2) is 36.8 Å². The van der Waals surface area contributed by atoms with Gasteiger partial charge in [-0.3, -0.25) is 4.79 Å². The summed E-state index contributed by atoms with van der Waals surface area (Å²) in [5.41, 5.74) is 5.08. The lowest BCUT2D eigenvalue weighted by molar-refractivity contribution is -0.170. The van der Waals surface area contributed by atoms with Crippen LogP contribution < -0.4 is 15.8 Å². The van der Waals surface area contributed by atoms with E-state index >= 15 is 0 Å². The molecule has 1 amide bonds. The molecule has 1 aromatic carbocycles. The van der Waals surface area contributed by atoms with E-state index in [1.165, 1.54) is 0 Å². The Kier molecular flexibility index (Phi) is 7.08. The topological polar surface area (TPSA) is 73.6 Å². The van der Waals surface area contributed by atoms with Crippen molar-refractivity contribution in [3.05, 3.63) is 30.3 Å². The number of rotatable bonds is 7. The summed E-state index contributed by atoms with van der Waals surface area (Å²) in [5, 5.41) is 2.92. The molecule has 2 rings (SSSR count). The first kappa shape index (κ1) is 20.7. The average molecular weight is 357 g/mol. The fraction of sp³-hybridized carbons (Fsp3) is 0.611. The molecule has 0 heterocycles. The highest BCUT2D eigenvalue weighted by Gasteiger charge is 2.62. The first-order valence-corrected chi connectivity index (χ1v) is 8.21. The molecule has 0 spiro atoms. The van der Waals surface area contributed by atoms with Gasteiger partial charge in [-0.2, -0.15) is 0 Å². The number of carbonyl (C=O) groups is 1. The maximum absolute atomic E-state index is 12.5. The number of hydrogen-bond acceptors (Lipinski definition) is 4. The van der Waals surface area contributed by atoms with Crippen molar-refractivity contribution >= 4 is 18.3 Å². The van der Waals surface area contributed by atoms with Crippen LogP contribution >= 0.6 is 12.4 Å². The standard InChI is InChI=1S/C18H28N2O3.ClH/c1-5-22-15-11-18(19,17(15,3)4)16(21)20-12-13(2)23-14-9-7-6-8-10-14;/h6-10,13,15H,5,11-12,19H2,1-4H3,(H,20,21);1H. The smallest absolute Gasteiger partial charge is 0.240 e. The van der Waals surface area contributed by atoms with Gasteiger partial charge in [0.25, 0.3) is 0 Å². The highest BCUT2D eigenvalue weighted by atomic mass is 35.5. The van der Waals surface area contributed by atoms with Crippen LogP contribution in [0.1, 0.15) is 34.1 Å². The van der Waals surface area contributed by atoms with Crippen LogP contribution in [0.15, 0.2) is 30.3 Å². The fourth-order valence-electron chi connectivity index (χ4n) is 2.99. The molecule has 5 nitrogen and oxygen atoms in total. The molecular weight excluding hydrogens is 328 g/mol. The maximum atomic E-state index is 12.5. The summed E-state index contributed by atoms with van der Waals surface area (Å²) in [6, 6.07) is 9.56. The van der Waals surface area contributed by atoms with E-state index in [1.54, 1.807) is 0 Å². The van der Waals surface area contributed by atoms with Crippen LogP contribution in [0, 0.1) is 5.41 Å². The summed E-state index contributed by atoms with van der Waals surface area (Å²) < 4.78 is 11.4. The second kappa shape index (κ2) is 8.19. The Morgan fingerprint density at radius 2 is 2.00 bits per heavy atom. The van der Waals surface area contributed by atoms with E-state index in [-0.39, 0.29) is 35.9 Å². The van der Waals surface area contributed by atoms with Crippen LogP contribution in [0.2, 0.25) is 0 Å². The number of benzene rings is 1. The van der Waals surface area contributed by atoms with Crippen molar-refractivity contribution in [2.45, 2.75) is 51.9 Å². The van der Waals surface area contributed by atoms with Gasteiger partial charge in [-0.1, -0.05) is 32.0 Å². The molecule has 0 saturated heterocycles. The minimum absolute atomic E-state index is 0. The molecule has 1 aliphatic carbocycles. The Morgan fingerprint density at radius 3 is 2.54 bits per heavy atom. The summed E-state index contributed by atoms with van der Waals surface area (Å²) in [6.07, 6.45) is 0.449. The molecular formula is C18H29ClN2O3. The van der Waals surface area contributed by atoms with Gasteiger partial charge in [0.1, 0.15) is 17.4 Å². The number of halogens is 1. The second-order valence-electron chi connectivity index (χ2n) is 6.79. The van der Waals surface area contributed by atoms with Crippen LogP contribution in [0.5, 0.6) is 5.75 Å². The fourth-order valence-corrected chi connectivity index (χ4v) is 2.99. The highest BCUT2D eigenvalue weighted by Crippen LogP contribution is 2.49.